The fraction of sp³-hybridized carbons (Fsp3) is 0.231. The SMILES string of the molecule is O=C(Nc1cccc(Cl)c1)[C@@H]1CCCN(Cc2nc3ccccc3n2-c2ccc(F)cc2)C1. The lowest BCUT2D eigenvalue weighted by Crippen LogP contribution is -2.40. The molecule has 0 radical (unpaired) electrons. The summed E-state index contributed by atoms with van der Waals surface area (Å²) in [5.41, 5.74) is 3.45. The lowest BCUT2D eigenvalue weighted by molar-refractivity contribution is -0.121. The molecule has 0 bridgehead atoms. The summed E-state index contributed by atoms with van der Waals surface area (Å²) in [4.78, 5) is 20.0. The van der Waals surface area contributed by atoms with Crippen LogP contribution in [0.1, 0.15) is 18.7 Å². The highest BCUT2D eigenvalue weighted by Crippen LogP contribution is 2.26. The number of imidazole rings is 1. The fourth-order valence-electron chi connectivity index (χ4n) is 4.48. The average molecular weight is 463 g/mol. The number of likely N-dealkylation sites (tertiary alicyclic amines) is 1. The molecular weight excluding hydrogens is 439 g/mol. The lowest BCUT2D eigenvalue weighted by atomic mass is 9.97. The van der Waals surface area contributed by atoms with Gasteiger partial charge in [-0.1, -0.05) is 29.8 Å². The molecule has 2 heterocycles. The molecule has 1 aromatic heterocycles. The van der Waals surface area contributed by atoms with E-state index in [2.05, 4.69) is 14.8 Å². The van der Waals surface area contributed by atoms with Gasteiger partial charge >= 0.3 is 0 Å². The molecular formula is C26H24ClFN4O. The van der Waals surface area contributed by atoms with Crippen LogP contribution < -0.4 is 5.32 Å². The molecule has 1 aliphatic heterocycles. The summed E-state index contributed by atoms with van der Waals surface area (Å²) in [5.74, 6) is 0.503. The van der Waals surface area contributed by atoms with Gasteiger partial charge in [-0.05, 0) is 74.0 Å². The van der Waals surface area contributed by atoms with Crippen LogP contribution in [0.3, 0.4) is 0 Å². The predicted octanol–water partition coefficient (Wildman–Crippen LogP) is 5.67. The van der Waals surface area contributed by atoms with E-state index in [1.165, 1.54) is 12.1 Å². The molecule has 1 fully saturated rings. The number of carbonyl (C=O) groups is 1. The molecule has 0 unspecified atom stereocenters. The molecule has 5 rings (SSSR count). The van der Waals surface area contributed by atoms with Gasteiger partial charge in [-0.2, -0.15) is 0 Å². The number of rotatable bonds is 5. The topological polar surface area (TPSA) is 50.2 Å². The first-order valence-electron chi connectivity index (χ1n) is 11.1. The Hall–Kier alpha value is -3.22. The van der Waals surface area contributed by atoms with Gasteiger partial charge in [0, 0.05) is 22.9 Å². The summed E-state index contributed by atoms with van der Waals surface area (Å²) in [7, 11) is 0. The lowest BCUT2D eigenvalue weighted by Gasteiger charge is -2.31. The second-order valence-electron chi connectivity index (χ2n) is 8.40. The predicted molar refractivity (Wildman–Crippen MR) is 129 cm³/mol. The largest absolute Gasteiger partial charge is 0.326 e. The summed E-state index contributed by atoms with van der Waals surface area (Å²) < 4.78 is 15.6. The normalized spacial score (nSPS) is 16.7. The van der Waals surface area contributed by atoms with Crippen LogP contribution in [-0.4, -0.2) is 33.4 Å². The van der Waals surface area contributed by atoms with Gasteiger partial charge in [0.25, 0.3) is 0 Å². The van der Waals surface area contributed by atoms with E-state index in [0.29, 0.717) is 23.8 Å². The van der Waals surface area contributed by atoms with Crippen molar-refractivity contribution in [3.05, 3.63) is 89.5 Å². The summed E-state index contributed by atoms with van der Waals surface area (Å²) in [6.45, 7) is 2.15. The summed E-state index contributed by atoms with van der Waals surface area (Å²) in [6.07, 6.45) is 1.78. The number of para-hydroxylation sites is 2. The Labute approximate surface area is 196 Å². The molecule has 4 aromatic rings. The van der Waals surface area contributed by atoms with Crippen molar-refractivity contribution in [2.45, 2.75) is 19.4 Å². The molecule has 1 aliphatic rings. The number of nitrogens with zero attached hydrogens (tertiary/aromatic N) is 3. The highest BCUT2D eigenvalue weighted by Gasteiger charge is 2.27. The number of piperidine rings is 1. The van der Waals surface area contributed by atoms with Gasteiger partial charge in [-0.25, -0.2) is 9.37 Å². The first kappa shape index (κ1) is 21.6. The monoisotopic (exact) mass is 462 g/mol. The number of fused-ring (bicyclic) bond motifs is 1. The highest BCUT2D eigenvalue weighted by molar-refractivity contribution is 6.30. The molecule has 0 aliphatic carbocycles. The standard InChI is InChI=1S/C26H24ClFN4O/c27-19-6-3-7-21(15-19)29-26(33)18-5-4-14-31(16-18)17-25-30-23-8-1-2-9-24(23)32(25)22-12-10-20(28)11-13-22/h1-3,6-13,15,18H,4-5,14,16-17H2,(H,29,33)/t18-/m1/s1. The van der Waals surface area contributed by atoms with Crippen molar-refractivity contribution in [3.63, 3.8) is 0 Å². The number of hydrogen-bond donors (Lipinski definition) is 1. The molecule has 0 spiro atoms. The van der Waals surface area contributed by atoms with Crippen LogP contribution in [0, 0.1) is 11.7 Å². The van der Waals surface area contributed by atoms with E-state index in [9.17, 15) is 9.18 Å². The smallest absolute Gasteiger partial charge is 0.228 e. The maximum atomic E-state index is 13.5. The van der Waals surface area contributed by atoms with E-state index in [0.717, 1.165) is 41.9 Å². The summed E-state index contributed by atoms with van der Waals surface area (Å²) >= 11 is 6.05. The third-order valence-electron chi connectivity index (χ3n) is 6.05. The number of nitrogens with one attached hydrogen (secondary N) is 1. The van der Waals surface area contributed by atoms with Gasteiger partial charge in [-0.3, -0.25) is 14.3 Å². The number of halogens is 2. The van der Waals surface area contributed by atoms with Crippen molar-refractivity contribution >= 4 is 34.2 Å². The van der Waals surface area contributed by atoms with Crippen LogP contribution >= 0.6 is 11.6 Å². The Morgan fingerprint density at radius 1 is 1.09 bits per heavy atom. The summed E-state index contributed by atoms with van der Waals surface area (Å²) in [5, 5.41) is 3.59. The van der Waals surface area contributed by atoms with Crippen molar-refractivity contribution in [2.75, 3.05) is 18.4 Å². The van der Waals surface area contributed by atoms with Gasteiger partial charge in [0.15, 0.2) is 0 Å². The van der Waals surface area contributed by atoms with Crippen molar-refractivity contribution in [1.82, 2.24) is 14.5 Å². The molecule has 1 amide bonds. The minimum atomic E-state index is -0.269. The quantitative estimate of drug-likeness (QED) is 0.416. The zero-order valence-corrected chi connectivity index (χ0v) is 18.8. The maximum absolute atomic E-state index is 13.5. The first-order chi connectivity index (χ1) is 16.1. The van der Waals surface area contributed by atoms with Crippen molar-refractivity contribution < 1.29 is 9.18 Å². The summed E-state index contributed by atoms with van der Waals surface area (Å²) in [6, 6.07) is 21.6. The van der Waals surface area contributed by atoms with Crippen LogP contribution in [0.5, 0.6) is 0 Å². The van der Waals surface area contributed by atoms with Crippen LogP contribution in [0.25, 0.3) is 16.7 Å². The molecule has 1 N–H and O–H groups in total. The fourth-order valence-corrected chi connectivity index (χ4v) is 4.67. The van der Waals surface area contributed by atoms with Gasteiger partial charge in [0.1, 0.15) is 11.6 Å². The van der Waals surface area contributed by atoms with Gasteiger partial charge in [0.05, 0.1) is 23.5 Å². The van der Waals surface area contributed by atoms with E-state index in [4.69, 9.17) is 16.6 Å². The molecule has 168 valence electrons. The van der Waals surface area contributed by atoms with Gasteiger partial charge in [-0.15, -0.1) is 0 Å². The molecule has 1 atom stereocenters. The van der Waals surface area contributed by atoms with Gasteiger partial charge < -0.3 is 5.32 Å². The molecule has 3 aromatic carbocycles. The first-order valence-corrected chi connectivity index (χ1v) is 11.5. The number of anilines is 1. The van der Waals surface area contributed by atoms with E-state index in [1.807, 2.05) is 36.4 Å². The van der Waals surface area contributed by atoms with E-state index in [1.54, 1.807) is 24.3 Å². The Bertz CT molecular complexity index is 1290. The van der Waals surface area contributed by atoms with Crippen molar-refractivity contribution in [3.8, 4) is 5.69 Å². The Balaban J connectivity index is 1.36. The molecule has 5 nitrogen and oxygen atoms in total. The third-order valence-corrected chi connectivity index (χ3v) is 6.28. The number of aromatic nitrogens is 2. The van der Waals surface area contributed by atoms with E-state index >= 15 is 0 Å². The van der Waals surface area contributed by atoms with Gasteiger partial charge in [0.2, 0.25) is 5.91 Å². The Morgan fingerprint density at radius 3 is 2.73 bits per heavy atom. The minimum absolute atomic E-state index is 0.00834. The zero-order chi connectivity index (χ0) is 22.8. The third kappa shape index (κ3) is 4.77. The minimum Gasteiger partial charge on any atom is -0.326 e. The Morgan fingerprint density at radius 2 is 1.91 bits per heavy atom. The van der Waals surface area contributed by atoms with Crippen molar-refractivity contribution in [1.29, 1.82) is 0 Å². The van der Waals surface area contributed by atoms with E-state index < -0.39 is 0 Å². The molecule has 0 saturated carbocycles. The molecule has 33 heavy (non-hydrogen) atoms. The zero-order valence-electron chi connectivity index (χ0n) is 18.0. The number of amides is 1. The Kier molecular flexibility index (Phi) is 6.11. The second-order valence-corrected chi connectivity index (χ2v) is 8.84. The van der Waals surface area contributed by atoms with E-state index in [-0.39, 0.29) is 17.6 Å². The second kappa shape index (κ2) is 9.33. The highest BCUT2D eigenvalue weighted by atomic mass is 35.5. The maximum Gasteiger partial charge on any atom is 0.228 e. The van der Waals surface area contributed by atoms with Crippen molar-refractivity contribution in [2.24, 2.45) is 5.92 Å². The number of benzene rings is 3. The number of hydrogen-bond acceptors (Lipinski definition) is 3. The number of carbonyl (C=O) groups excluding carboxylic acids is 1. The van der Waals surface area contributed by atoms with Crippen LogP contribution in [-0.2, 0) is 11.3 Å². The molecule has 1 saturated heterocycles. The average Bonchev–Trinajstić information content (AvgIpc) is 3.17. The molecule has 7 heteroatoms. The van der Waals surface area contributed by atoms with Crippen LogP contribution in [0.2, 0.25) is 5.02 Å². The van der Waals surface area contributed by atoms with Crippen LogP contribution in [0.4, 0.5) is 10.1 Å². The van der Waals surface area contributed by atoms with Crippen LogP contribution in [0.15, 0.2) is 72.8 Å².